The van der Waals surface area contributed by atoms with Gasteiger partial charge in [-0.25, -0.2) is 9.78 Å². The van der Waals surface area contributed by atoms with Crippen molar-refractivity contribution in [1.82, 2.24) is 34.9 Å². The molecule has 0 saturated carbocycles. The Morgan fingerprint density at radius 2 is 1.88 bits per heavy atom. The molecular weight excluding hydrogens is 455 g/mol. The predicted molar refractivity (Wildman–Crippen MR) is 112 cm³/mol. The zero-order valence-corrected chi connectivity index (χ0v) is 17.9. The lowest BCUT2D eigenvalue weighted by Crippen LogP contribution is -2.39. The van der Waals surface area contributed by atoms with Gasteiger partial charge >= 0.3 is 12.1 Å². The average molecular weight is 477 g/mol. The number of hydrogen-bond acceptors (Lipinski definition) is 7. The van der Waals surface area contributed by atoms with E-state index in [1.807, 2.05) is 18.5 Å². The summed E-state index contributed by atoms with van der Waals surface area (Å²) in [6, 6.07) is 6.32. The summed E-state index contributed by atoms with van der Waals surface area (Å²) in [4.78, 5) is 35.6. The molecule has 180 valence electrons. The van der Waals surface area contributed by atoms with Gasteiger partial charge in [-0.2, -0.15) is 18.3 Å². The van der Waals surface area contributed by atoms with E-state index in [0.717, 1.165) is 26.1 Å². The van der Waals surface area contributed by atoms with Crippen LogP contribution in [0.4, 0.5) is 13.2 Å². The molecule has 0 aliphatic carbocycles. The van der Waals surface area contributed by atoms with E-state index >= 15 is 0 Å². The van der Waals surface area contributed by atoms with Crippen LogP contribution in [0.5, 0.6) is 0 Å². The number of carbonyl (C=O) groups is 2. The van der Waals surface area contributed by atoms with Crippen LogP contribution in [0.2, 0.25) is 0 Å². The van der Waals surface area contributed by atoms with Crippen LogP contribution < -0.4 is 5.32 Å². The Kier molecular flexibility index (Phi) is 8.24. The Hall–Kier alpha value is -3.87. The summed E-state index contributed by atoms with van der Waals surface area (Å²) >= 11 is 0. The number of carboxylic acid groups (broad SMARTS) is 1. The van der Waals surface area contributed by atoms with Crippen molar-refractivity contribution < 1.29 is 27.9 Å². The minimum absolute atomic E-state index is 0.202. The van der Waals surface area contributed by atoms with Crippen LogP contribution in [0.1, 0.15) is 34.2 Å². The molecule has 2 N–H and O–H groups in total. The monoisotopic (exact) mass is 477 g/mol. The van der Waals surface area contributed by atoms with Gasteiger partial charge in [-0.15, -0.1) is 0 Å². The fourth-order valence-electron chi connectivity index (χ4n) is 3.41. The van der Waals surface area contributed by atoms with Crippen molar-refractivity contribution in [1.29, 1.82) is 0 Å². The Morgan fingerprint density at radius 1 is 1.12 bits per heavy atom. The van der Waals surface area contributed by atoms with Crippen molar-refractivity contribution in [2.75, 3.05) is 13.1 Å². The maximum Gasteiger partial charge on any atom is 0.490 e. The molecule has 4 heterocycles. The number of amides is 1. The molecule has 0 saturated heterocycles. The zero-order valence-electron chi connectivity index (χ0n) is 17.9. The molecule has 0 fully saturated rings. The molecule has 3 aromatic heterocycles. The second-order valence-corrected chi connectivity index (χ2v) is 7.39. The van der Waals surface area contributed by atoms with Crippen molar-refractivity contribution in [2.24, 2.45) is 0 Å². The van der Waals surface area contributed by atoms with Crippen LogP contribution >= 0.6 is 0 Å². The number of pyridine rings is 1. The molecule has 34 heavy (non-hydrogen) atoms. The SMILES string of the molecule is O=C(NCCC1CN(Cc2cccnc2)Cc2ccnn21)c1cnccn1.O=C(O)C(F)(F)F. The maximum absolute atomic E-state index is 12.1. The molecule has 4 rings (SSSR count). The summed E-state index contributed by atoms with van der Waals surface area (Å²) in [5.41, 5.74) is 2.72. The number of rotatable bonds is 6. The molecule has 0 bridgehead atoms. The van der Waals surface area contributed by atoms with E-state index in [0.29, 0.717) is 12.2 Å². The largest absolute Gasteiger partial charge is 0.490 e. The number of nitrogens with zero attached hydrogens (tertiary/aromatic N) is 6. The van der Waals surface area contributed by atoms with Gasteiger partial charge in [0.05, 0.1) is 17.9 Å². The quantitative estimate of drug-likeness (QED) is 0.553. The number of aliphatic carboxylic acids is 1. The zero-order chi connectivity index (χ0) is 24.6. The minimum Gasteiger partial charge on any atom is -0.475 e. The van der Waals surface area contributed by atoms with Crippen molar-refractivity contribution in [2.45, 2.75) is 31.7 Å². The lowest BCUT2D eigenvalue weighted by Gasteiger charge is -2.34. The lowest BCUT2D eigenvalue weighted by atomic mass is 10.1. The second kappa shape index (κ2) is 11.3. The number of carboxylic acids is 1. The van der Waals surface area contributed by atoms with E-state index < -0.39 is 12.1 Å². The Balaban J connectivity index is 0.000000406. The molecule has 1 aliphatic heterocycles. The number of nitrogens with one attached hydrogen (secondary N) is 1. The molecule has 0 aromatic carbocycles. The number of hydrogen-bond donors (Lipinski definition) is 2. The van der Waals surface area contributed by atoms with Crippen molar-refractivity contribution in [3.05, 3.63) is 72.3 Å². The van der Waals surface area contributed by atoms with Crippen LogP contribution in [-0.2, 0) is 17.9 Å². The fraction of sp³-hybridized carbons (Fsp3) is 0.333. The third-order valence-electron chi connectivity index (χ3n) is 4.88. The first kappa shape index (κ1) is 24.8. The van der Waals surface area contributed by atoms with Crippen LogP contribution in [0, 0.1) is 0 Å². The van der Waals surface area contributed by atoms with Gasteiger partial charge in [-0.3, -0.25) is 24.3 Å². The van der Waals surface area contributed by atoms with Crippen LogP contribution in [0.25, 0.3) is 0 Å². The highest BCUT2D eigenvalue weighted by Gasteiger charge is 2.38. The number of fused-ring (bicyclic) bond motifs is 1. The van der Waals surface area contributed by atoms with E-state index in [1.54, 1.807) is 12.4 Å². The summed E-state index contributed by atoms with van der Waals surface area (Å²) in [7, 11) is 0. The summed E-state index contributed by atoms with van der Waals surface area (Å²) < 4.78 is 33.8. The fourth-order valence-corrected chi connectivity index (χ4v) is 3.41. The molecule has 0 radical (unpaired) electrons. The van der Waals surface area contributed by atoms with E-state index in [-0.39, 0.29) is 11.9 Å². The Labute approximate surface area is 192 Å². The molecular formula is C21H22F3N7O3. The van der Waals surface area contributed by atoms with Gasteiger partial charge in [0.15, 0.2) is 0 Å². The Bertz CT molecular complexity index is 1080. The summed E-state index contributed by atoms with van der Waals surface area (Å²) in [5, 5.41) is 14.5. The highest BCUT2D eigenvalue weighted by atomic mass is 19.4. The van der Waals surface area contributed by atoms with E-state index in [1.165, 1.54) is 23.7 Å². The van der Waals surface area contributed by atoms with Crippen LogP contribution in [0.15, 0.2) is 55.4 Å². The van der Waals surface area contributed by atoms with Crippen LogP contribution in [-0.4, -0.2) is 65.9 Å². The van der Waals surface area contributed by atoms with Gasteiger partial charge in [0.25, 0.3) is 5.91 Å². The van der Waals surface area contributed by atoms with Gasteiger partial charge in [-0.05, 0) is 24.1 Å². The van der Waals surface area contributed by atoms with Crippen LogP contribution in [0.3, 0.4) is 0 Å². The summed E-state index contributed by atoms with van der Waals surface area (Å²) in [6.45, 7) is 3.14. The molecule has 0 spiro atoms. The number of aromatic nitrogens is 5. The second-order valence-electron chi connectivity index (χ2n) is 7.39. The summed E-state index contributed by atoms with van der Waals surface area (Å²) in [6.07, 6.45) is 5.78. The molecule has 1 atom stereocenters. The van der Waals surface area contributed by atoms with Crippen molar-refractivity contribution >= 4 is 11.9 Å². The van der Waals surface area contributed by atoms with Gasteiger partial charge < -0.3 is 10.4 Å². The van der Waals surface area contributed by atoms with Gasteiger partial charge in [0.2, 0.25) is 0 Å². The van der Waals surface area contributed by atoms with E-state index in [2.05, 4.69) is 47.1 Å². The van der Waals surface area contributed by atoms with E-state index in [9.17, 15) is 18.0 Å². The predicted octanol–water partition coefficient (Wildman–Crippen LogP) is 2.08. The molecule has 13 heteroatoms. The number of carbonyl (C=O) groups excluding carboxylic acids is 1. The minimum atomic E-state index is -5.08. The molecule has 3 aromatic rings. The van der Waals surface area contributed by atoms with E-state index in [4.69, 9.17) is 9.90 Å². The van der Waals surface area contributed by atoms with Crippen molar-refractivity contribution in [3.8, 4) is 0 Å². The van der Waals surface area contributed by atoms with Crippen molar-refractivity contribution in [3.63, 3.8) is 0 Å². The molecule has 10 nitrogen and oxygen atoms in total. The first-order chi connectivity index (χ1) is 16.2. The summed E-state index contributed by atoms with van der Waals surface area (Å²) in [5.74, 6) is -2.96. The average Bonchev–Trinajstić information content (AvgIpc) is 3.29. The highest BCUT2D eigenvalue weighted by molar-refractivity contribution is 5.91. The standard InChI is InChI=1S/C19H21N7O.C2HF3O2/c27-19(18-11-21-8-9-22-18)23-6-3-16-13-25(12-15-2-1-5-20-10-15)14-17-4-7-24-26(16)17;3-2(4,5)1(6)7/h1-2,4-5,7-11,16H,3,6,12-14H2,(H,23,27);(H,6,7). The van der Waals surface area contributed by atoms with Gasteiger partial charge in [0, 0.05) is 57.2 Å². The highest BCUT2D eigenvalue weighted by Crippen LogP contribution is 2.24. The maximum atomic E-state index is 12.1. The first-order valence-electron chi connectivity index (χ1n) is 10.2. The van der Waals surface area contributed by atoms with Gasteiger partial charge in [-0.1, -0.05) is 6.07 Å². The third-order valence-corrected chi connectivity index (χ3v) is 4.88. The lowest BCUT2D eigenvalue weighted by molar-refractivity contribution is -0.192. The third kappa shape index (κ3) is 7.07. The smallest absolute Gasteiger partial charge is 0.475 e. The number of alkyl halides is 3. The first-order valence-corrected chi connectivity index (χ1v) is 10.2. The molecule has 1 aliphatic rings. The normalized spacial score (nSPS) is 15.6. The van der Waals surface area contributed by atoms with Gasteiger partial charge in [0.1, 0.15) is 5.69 Å². The Morgan fingerprint density at radius 3 is 2.53 bits per heavy atom. The molecule has 1 amide bonds. The number of halogens is 3. The molecule has 1 unspecified atom stereocenters. The topological polar surface area (TPSA) is 126 Å².